The quantitative estimate of drug-likeness (QED) is 0.627. The van der Waals surface area contributed by atoms with E-state index in [0.717, 1.165) is 56.4 Å². The van der Waals surface area contributed by atoms with E-state index in [4.69, 9.17) is 14.2 Å². The average Bonchev–Trinajstić information content (AvgIpc) is 2.80. The van der Waals surface area contributed by atoms with Gasteiger partial charge in [0.15, 0.2) is 11.5 Å². The lowest BCUT2D eigenvalue weighted by Gasteiger charge is -2.34. The van der Waals surface area contributed by atoms with Gasteiger partial charge in [0.2, 0.25) is 5.91 Å². The van der Waals surface area contributed by atoms with Crippen molar-refractivity contribution in [2.24, 2.45) is 0 Å². The van der Waals surface area contributed by atoms with Crippen LogP contribution in [0.25, 0.3) is 0 Å². The van der Waals surface area contributed by atoms with Crippen molar-refractivity contribution in [3.63, 3.8) is 0 Å². The molecule has 1 aliphatic heterocycles. The molecule has 0 bridgehead atoms. The Hall–Kier alpha value is -2.77. The maximum absolute atomic E-state index is 12.3. The highest BCUT2D eigenvalue weighted by Crippen LogP contribution is 2.28. The van der Waals surface area contributed by atoms with Gasteiger partial charge in [0.25, 0.3) is 0 Å². The molecule has 1 amide bonds. The van der Waals surface area contributed by atoms with Crippen LogP contribution < -0.4 is 19.5 Å². The lowest BCUT2D eigenvalue weighted by atomic mass is 10.1. The second kappa shape index (κ2) is 11.6. The minimum Gasteiger partial charge on any atom is -0.497 e. The third kappa shape index (κ3) is 6.87. The molecule has 0 radical (unpaired) electrons. The van der Waals surface area contributed by atoms with E-state index in [1.54, 1.807) is 21.3 Å². The smallest absolute Gasteiger partial charge is 0.234 e. The van der Waals surface area contributed by atoms with Gasteiger partial charge >= 0.3 is 0 Å². The van der Waals surface area contributed by atoms with Crippen LogP contribution in [0.1, 0.15) is 11.1 Å². The van der Waals surface area contributed by atoms with Gasteiger partial charge in [-0.1, -0.05) is 18.2 Å². The molecule has 7 heteroatoms. The Kier molecular flexibility index (Phi) is 8.55. The average molecular weight is 428 g/mol. The van der Waals surface area contributed by atoms with Crippen molar-refractivity contribution < 1.29 is 19.0 Å². The van der Waals surface area contributed by atoms with E-state index in [2.05, 4.69) is 21.2 Å². The second-order valence-electron chi connectivity index (χ2n) is 7.69. The van der Waals surface area contributed by atoms with Crippen LogP contribution >= 0.6 is 0 Å². The van der Waals surface area contributed by atoms with Gasteiger partial charge < -0.3 is 19.5 Å². The van der Waals surface area contributed by atoms with Crippen molar-refractivity contribution >= 4 is 5.91 Å². The molecule has 168 valence electrons. The number of amides is 1. The number of nitrogens with one attached hydrogen (secondary N) is 1. The Bertz CT molecular complexity index is 833. The van der Waals surface area contributed by atoms with Crippen molar-refractivity contribution in [2.75, 3.05) is 60.6 Å². The standard InChI is InChI=1S/C24H33N3O4/c1-29-21-7-4-19(5-8-21)10-11-25-24(28)18-27-14-12-26(13-15-27)17-20-6-9-22(30-2)23(16-20)31-3/h4-9,16H,10-15,17-18H2,1-3H3,(H,25,28). The molecule has 0 aliphatic carbocycles. The molecule has 1 N–H and O–H groups in total. The number of nitrogens with zero attached hydrogens (tertiary/aromatic N) is 2. The van der Waals surface area contributed by atoms with Crippen molar-refractivity contribution in [1.82, 2.24) is 15.1 Å². The first-order valence-electron chi connectivity index (χ1n) is 10.7. The Morgan fingerprint density at radius 3 is 2.13 bits per heavy atom. The molecule has 0 saturated carbocycles. The summed E-state index contributed by atoms with van der Waals surface area (Å²) in [6.07, 6.45) is 0.814. The highest BCUT2D eigenvalue weighted by atomic mass is 16.5. The number of hydrogen-bond donors (Lipinski definition) is 1. The molecule has 7 nitrogen and oxygen atoms in total. The summed E-state index contributed by atoms with van der Waals surface area (Å²) in [6.45, 7) is 5.61. The van der Waals surface area contributed by atoms with Crippen LogP contribution in [0.2, 0.25) is 0 Å². The molecule has 1 heterocycles. The first-order valence-corrected chi connectivity index (χ1v) is 10.7. The molecule has 0 spiro atoms. The monoisotopic (exact) mass is 427 g/mol. The van der Waals surface area contributed by atoms with Gasteiger partial charge in [0.1, 0.15) is 5.75 Å². The van der Waals surface area contributed by atoms with Gasteiger partial charge in [-0.2, -0.15) is 0 Å². The van der Waals surface area contributed by atoms with E-state index in [0.29, 0.717) is 13.1 Å². The number of hydrogen-bond acceptors (Lipinski definition) is 6. The highest BCUT2D eigenvalue weighted by Gasteiger charge is 2.19. The van der Waals surface area contributed by atoms with Gasteiger partial charge in [-0.05, 0) is 41.8 Å². The van der Waals surface area contributed by atoms with E-state index < -0.39 is 0 Å². The SMILES string of the molecule is COc1ccc(CCNC(=O)CN2CCN(Cc3ccc(OC)c(OC)c3)CC2)cc1. The van der Waals surface area contributed by atoms with Gasteiger partial charge in [-0.25, -0.2) is 0 Å². The van der Waals surface area contributed by atoms with E-state index in [-0.39, 0.29) is 5.91 Å². The Morgan fingerprint density at radius 1 is 0.839 bits per heavy atom. The number of rotatable bonds is 10. The van der Waals surface area contributed by atoms with Crippen LogP contribution in [0.15, 0.2) is 42.5 Å². The fourth-order valence-corrected chi connectivity index (χ4v) is 3.74. The number of benzene rings is 2. The molecule has 2 aromatic rings. The predicted molar refractivity (Wildman–Crippen MR) is 121 cm³/mol. The minimum absolute atomic E-state index is 0.0850. The second-order valence-corrected chi connectivity index (χ2v) is 7.69. The third-order valence-electron chi connectivity index (χ3n) is 5.58. The normalized spacial score (nSPS) is 14.8. The summed E-state index contributed by atoms with van der Waals surface area (Å²) < 4.78 is 15.9. The van der Waals surface area contributed by atoms with E-state index in [1.807, 2.05) is 36.4 Å². The van der Waals surface area contributed by atoms with Crippen LogP contribution in [0.5, 0.6) is 17.2 Å². The van der Waals surface area contributed by atoms with Gasteiger partial charge in [-0.15, -0.1) is 0 Å². The number of carbonyl (C=O) groups is 1. The summed E-state index contributed by atoms with van der Waals surface area (Å²) in [5.74, 6) is 2.43. The first-order chi connectivity index (χ1) is 15.1. The van der Waals surface area contributed by atoms with Gasteiger partial charge in [0.05, 0.1) is 27.9 Å². The number of ether oxygens (including phenoxy) is 3. The molecule has 31 heavy (non-hydrogen) atoms. The zero-order valence-electron chi connectivity index (χ0n) is 18.7. The van der Waals surface area contributed by atoms with Crippen LogP contribution in [0, 0.1) is 0 Å². The summed E-state index contributed by atoms with van der Waals surface area (Å²) in [5, 5.41) is 3.03. The zero-order chi connectivity index (χ0) is 22.1. The maximum atomic E-state index is 12.3. The lowest BCUT2D eigenvalue weighted by molar-refractivity contribution is -0.122. The number of piperazine rings is 1. The van der Waals surface area contributed by atoms with Crippen molar-refractivity contribution in [3.05, 3.63) is 53.6 Å². The Labute approximate surface area is 184 Å². The van der Waals surface area contributed by atoms with Crippen LogP contribution in [0.4, 0.5) is 0 Å². The van der Waals surface area contributed by atoms with Crippen molar-refractivity contribution in [1.29, 1.82) is 0 Å². The zero-order valence-corrected chi connectivity index (χ0v) is 18.7. The summed E-state index contributed by atoms with van der Waals surface area (Å²) in [6, 6.07) is 14.0. The predicted octanol–water partition coefficient (Wildman–Crippen LogP) is 2.19. The summed E-state index contributed by atoms with van der Waals surface area (Å²) >= 11 is 0. The number of methoxy groups -OCH3 is 3. The molecule has 0 aromatic heterocycles. The molecule has 0 atom stereocenters. The number of carbonyl (C=O) groups excluding carboxylic acids is 1. The van der Waals surface area contributed by atoms with Crippen LogP contribution in [0.3, 0.4) is 0 Å². The highest BCUT2D eigenvalue weighted by molar-refractivity contribution is 5.78. The molecular formula is C24H33N3O4. The molecular weight excluding hydrogens is 394 g/mol. The molecule has 0 unspecified atom stereocenters. The fourth-order valence-electron chi connectivity index (χ4n) is 3.74. The van der Waals surface area contributed by atoms with E-state index in [9.17, 15) is 4.79 Å². The van der Waals surface area contributed by atoms with E-state index >= 15 is 0 Å². The van der Waals surface area contributed by atoms with Gasteiger partial charge in [-0.3, -0.25) is 14.6 Å². The Morgan fingerprint density at radius 2 is 1.48 bits per heavy atom. The summed E-state index contributed by atoms with van der Waals surface area (Å²) in [7, 11) is 4.96. The minimum atomic E-state index is 0.0850. The van der Waals surface area contributed by atoms with Crippen molar-refractivity contribution in [2.45, 2.75) is 13.0 Å². The lowest BCUT2D eigenvalue weighted by Crippen LogP contribution is -2.49. The van der Waals surface area contributed by atoms with E-state index in [1.165, 1.54) is 11.1 Å². The third-order valence-corrected chi connectivity index (χ3v) is 5.58. The van der Waals surface area contributed by atoms with Crippen LogP contribution in [-0.4, -0.2) is 76.3 Å². The van der Waals surface area contributed by atoms with Gasteiger partial charge in [0, 0.05) is 39.3 Å². The Balaban J connectivity index is 1.36. The molecule has 1 aliphatic rings. The topological polar surface area (TPSA) is 63.3 Å². The maximum Gasteiger partial charge on any atom is 0.234 e. The first kappa shape index (κ1) is 22.9. The van der Waals surface area contributed by atoms with Crippen LogP contribution in [-0.2, 0) is 17.8 Å². The molecule has 2 aromatic carbocycles. The molecule has 1 fully saturated rings. The molecule has 1 saturated heterocycles. The van der Waals surface area contributed by atoms with Crippen molar-refractivity contribution in [3.8, 4) is 17.2 Å². The fraction of sp³-hybridized carbons (Fsp3) is 0.458. The summed E-state index contributed by atoms with van der Waals surface area (Å²) in [5.41, 5.74) is 2.38. The largest absolute Gasteiger partial charge is 0.497 e. The molecule has 3 rings (SSSR count). The summed E-state index contributed by atoms with van der Waals surface area (Å²) in [4.78, 5) is 16.9.